The van der Waals surface area contributed by atoms with Crippen LogP contribution in [0.5, 0.6) is 0 Å². The van der Waals surface area contributed by atoms with Crippen molar-refractivity contribution in [3.63, 3.8) is 0 Å². The third-order valence-corrected chi connectivity index (χ3v) is 1.54. The Bertz CT molecular complexity index is 425. The van der Waals surface area contributed by atoms with Gasteiger partial charge in [-0.2, -0.15) is 5.10 Å². The lowest BCUT2D eigenvalue weighted by Gasteiger charge is -1.90. The van der Waals surface area contributed by atoms with Crippen LogP contribution in [0.3, 0.4) is 0 Å². The molecule has 0 unspecified atom stereocenters. The van der Waals surface area contributed by atoms with E-state index in [1.807, 2.05) is 0 Å². The lowest BCUT2D eigenvalue weighted by Crippen LogP contribution is -2.13. The summed E-state index contributed by atoms with van der Waals surface area (Å²) in [5.74, 6) is 0.466. The van der Waals surface area contributed by atoms with E-state index in [0.717, 1.165) is 0 Å². The minimum absolute atomic E-state index is 0.270. The predicted molar refractivity (Wildman–Crippen MR) is 39.3 cm³/mol. The number of hydrogen-bond acceptors (Lipinski definition) is 4. The summed E-state index contributed by atoms with van der Waals surface area (Å²) in [6.45, 7) is 0. The Morgan fingerprint density at radius 1 is 1.67 bits per heavy atom. The van der Waals surface area contributed by atoms with Gasteiger partial charge in [-0.15, -0.1) is 0 Å². The molecule has 0 atom stereocenters. The minimum Gasteiger partial charge on any atom is -0.451 e. The molecule has 6 nitrogen and oxygen atoms in total. The monoisotopic (exact) mass is 166 g/mol. The molecular weight excluding hydrogens is 160 g/mol. The predicted octanol–water partition coefficient (Wildman–Crippen LogP) is -0.237. The van der Waals surface area contributed by atoms with Crippen molar-refractivity contribution in [1.29, 1.82) is 0 Å². The van der Waals surface area contributed by atoms with Crippen LogP contribution in [0.4, 0.5) is 0 Å². The van der Waals surface area contributed by atoms with E-state index in [-0.39, 0.29) is 5.69 Å². The Morgan fingerprint density at radius 2 is 2.50 bits per heavy atom. The van der Waals surface area contributed by atoms with E-state index >= 15 is 0 Å². The van der Waals surface area contributed by atoms with Gasteiger partial charge in [0.2, 0.25) is 0 Å². The van der Waals surface area contributed by atoms with E-state index in [2.05, 4.69) is 15.2 Å². The molecule has 2 aromatic heterocycles. The average molecular weight is 166 g/mol. The van der Waals surface area contributed by atoms with Crippen LogP contribution in [0.25, 0.3) is 11.5 Å². The second-order valence-electron chi connectivity index (χ2n) is 2.29. The molecule has 62 valence electrons. The topological polar surface area (TPSA) is 76.7 Å². The van der Waals surface area contributed by atoms with Crippen molar-refractivity contribution in [1.82, 2.24) is 19.7 Å². The van der Waals surface area contributed by atoms with Crippen molar-refractivity contribution in [3.8, 4) is 11.5 Å². The fourth-order valence-electron chi connectivity index (χ4n) is 0.899. The highest BCUT2D eigenvalue weighted by Gasteiger charge is 2.08. The summed E-state index contributed by atoms with van der Waals surface area (Å²) in [4.78, 5) is 14.8. The van der Waals surface area contributed by atoms with Gasteiger partial charge in [0.25, 0.3) is 0 Å². The summed E-state index contributed by atoms with van der Waals surface area (Å²) in [5, 5.41) is 6.06. The molecular formula is C6H6N4O2. The van der Waals surface area contributed by atoms with Gasteiger partial charge in [0.15, 0.2) is 12.2 Å². The molecule has 1 N–H and O–H groups in total. The number of aromatic amines is 1. The highest BCUT2D eigenvalue weighted by atomic mass is 16.3. The van der Waals surface area contributed by atoms with Crippen molar-refractivity contribution >= 4 is 0 Å². The second kappa shape index (κ2) is 2.33. The van der Waals surface area contributed by atoms with Crippen LogP contribution in [-0.2, 0) is 7.05 Å². The van der Waals surface area contributed by atoms with Crippen LogP contribution < -0.4 is 5.69 Å². The Kier molecular flexibility index (Phi) is 1.33. The fraction of sp³-hybridized carbons (Fsp3) is 0.167. The molecule has 0 fully saturated rings. The maximum atomic E-state index is 10.9. The van der Waals surface area contributed by atoms with Gasteiger partial charge in [-0.25, -0.2) is 14.9 Å². The van der Waals surface area contributed by atoms with E-state index < -0.39 is 0 Å². The van der Waals surface area contributed by atoms with Crippen LogP contribution in [0.1, 0.15) is 0 Å². The Balaban J connectivity index is 2.62. The van der Waals surface area contributed by atoms with E-state index in [4.69, 9.17) is 4.42 Å². The third kappa shape index (κ3) is 0.849. The molecule has 2 aromatic rings. The van der Waals surface area contributed by atoms with Gasteiger partial charge < -0.3 is 4.42 Å². The highest BCUT2D eigenvalue weighted by Crippen LogP contribution is 2.09. The zero-order chi connectivity index (χ0) is 8.55. The molecule has 0 amide bonds. The molecule has 0 aliphatic heterocycles. The largest absolute Gasteiger partial charge is 0.451 e. The Labute approximate surface area is 66.9 Å². The quantitative estimate of drug-likeness (QED) is 0.634. The minimum atomic E-state index is -0.270. The molecule has 0 aromatic carbocycles. The zero-order valence-electron chi connectivity index (χ0n) is 6.31. The molecule has 0 aliphatic rings. The van der Waals surface area contributed by atoms with Crippen LogP contribution in [0.15, 0.2) is 21.9 Å². The zero-order valence-corrected chi connectivity index (χ0v) is 6.31. The lowest BCUT2D eigenvalue weighted by molar-refractivity contribution is 0.558. The summed E-state index contributed by atoms with van der Waals surface area (Å²) >= 11 is 0. The molecule has 0 saturated carbocycles. The third-order valence-electron chi connectivity index (χ3n) is 1.54. The first-order chi connectivity index (χ1) is 5.79. The molecule has 2 heterocycles. The number of rotatable bonds is 1. The number of nitrogens with one attached hydrogen (secondary N) is 1. The first-order valence-electron chi connectivity index (χ1n) is 3.29. The highest BCUT2D eigenvalue weighted by molar-refractivity contribution is 5.45. The average Bonchev–Trinajstić information content (AvgIpc) is 2.64. The fourth-order valence-corrected chi connectivity index (χ4v) is 0.899. The summed E-state index contributed by atoms with van der Waals surface area (Å²) in [7, 11) is 1.61. The van der Waals surface area contributed by atoms with Gasteiger partial charge in [0.05, 0.1) is 0 Å². The van der Waals surface area contributed by atoms with E-state index in [1.54, 1.807) is 7.05 Å². The van der Waals surface area contributed by atoms with Crippen LogP contribution in [-0.4, -0.2) is 19.7 Å². The molecule has 0 spiro atoms. The van der Waals surface area contributed by atoms with Gasteiger partial charge in [0.1, 0.15) is 12.0 Å². The normalized spacial score (nSPS) is 10.4. The van der Waals surface area contributed by atoms with Crippen molar-refractivity contribution in [2.75, 3.05) is 0 Å². The number of oxazole rings is 1. The summed E-state index contributed by atoms with van der Waals surface area (Å²) in [6, 6.07) is 0. The second-order valence-corrected chi connectivity index (χ2v) is 2.29. The summed E-state index contributed by atoms with van der Waals surface area (Å²) in [5.41, 5.74) is 0.267. The lowest BCUT2D eigenvalue weighted by atomic mass is 10.4. The van der Waals surface area contributed by atoms with Crippen LogP contribution in [0.2, 0.25) is 0 Å². The molecule has 0 saturated heterocycles. The van der Waals surface area contributed by atoms with E-state index in [1.165, 1.54) is 17.2 Å². The van der Waals surface area contributed by atoms with E-state index in [9.17, 15) is 4.79 Å². The smallest absolute Gasteiger partial charge is 0.343 e. The Morgan fingerprint density at radius 3 is 3.00 bits per heavy atom. The van der Waals surface area contributed by atoms with Gasteiger partial charge in [-0.3, -0.25) is 4.57 Å². The Hall–Kier alpha value is -1.85. The molecule has 2 rings (SSSR count). The summed E-state index contributed by atoms with van der Waals surface area (Å²) < 4.78 is 6.11. The van der Waals surface area contributed by atoms with Gasteiger partial charge >= 0.3 is 5.69 Å². The first-order valence-corrected chi connectivity index (χ1v) is 3.29. The number of hydrogen-bond donors (Lipinski definition) is 1. The van der Waals surface area contributed by atoms with Gasteiger partial charge in [0, 0.05) is 7.05 Å². The van der Waals surface area contributed by atoms with E-state index in [0.29, 0.717) is 11.5 Å². The van der Waals surface area contributed by atoms with Crippen LogP contribution in [0, 0.1) is 0 Å². The summed E-state index contributed by atoms with van der Waals surface area (Å²) in [6.07, 6.45) is 2.71. The number of aromatic nitrogens is 4. The number of H-pyrrole nitrogens is 1. The molecule has 12 heavy (non-hydrogen) atoms. The van der Waals surface area contributed by atoms with Gasteiger partial charge in [-0.05, 0) is 0 Å². The SMILES string of the molecule is Cn1c(-c2cocn2)n[nH]c1=O. The van der Waals surface area contributed by atoms with Crippen molar-refractivity contribution in [2.24, 2.45) is 7.05 Å². The maximum Gasteiger partial charge on any atom is 0.343 e. The molecule has 0 bridgehead atoms. The standard InChI is InChI=1S/C6H6N4O2/c1-10-5(8-9-6(10)11)4-2-12-3-7-4/h2-3H,1H3,(H,9,11). The first kappa shape index (κ1) is 6.84. The maximum absolute atomic E-state index is 10.9. The molecule has 6 heteroatoms. The van der Waals surface area contributed by atoms with Crippen molar-refractivity contribution < 1.29 is 4.42 Å². The van der Waals surface area contributed by atoms with Gasteiger partial charge in [-0.1, -0.05) is 0 Å². The van der Waals surface area contributed by atoms with Crippen molar-refractivity contribution in [3.05, 3.63) is 23.1 Å². The van der Waals surface area contributed by atoms with Crippen LogP contribution >= 0.6 is 0 Å². The number of nitrogens with zero attached hydrogens (tertiary/aromatic N) is 3. The molecule has 0 aliphatic carbocycles. The van der Waals surface area contributed by atoms with Crippen molar-refractivity contribution in [2.45, 2.75) is 0 Å². The molecule has 0 radical (unpaired) electrons.